The quantitative estimate of drug-likeness (QED) is 0.856. The van der Waals surface area contributed by atoms with E-state index >= 15 is 0 Å². The smallest absolute Gasteiger partial charge is 0.241 e. The van der Waals surface area contributed by atoms with Crippen molar-refractivity contribution in [1.82, 2.24) is 4.72 Å². The average molecular weight is 364 g/mol. The van der Waals surface area contributed by atoms with E-state index in [-0.39, 0.29) is 17.2 Å². The zero-order chi connectivity index (χ0) is 18.7. The van der Waals surface area contributed by atoms with Gasteiger partial charge in [0.15, 0.2) is 0 Å². The van der Waals surface area contributed by atoms with Gasteiger partial charge in [0.25, 0.3) is 0 Å². The second kappa shape index (κ2) is 7.33. The molecule has 0 radical (unpaired) electrons. The van der Waals surface area contributed by atoms with Gasteiger partial charge in [0, 0.05) is 11.2 Å². The first kappa shape index (κ1) is 19.1. The average Bonchev–Trinajstić information content (AvgIpc) is 2.45. The Morgan fingerprint density at radius 2 is 1.76 bits per heavy atom. The van der Waals surface area contributed by atoms with E-state index in [2.05, 4.69) is 10.0 Å². The maximum Gasteiger partial charge on any atom is 0.241 e. The molecule has 0 aliphatic carbocycles. The molecule has 2 aromatic rings. The Bertz CT molecular complexity index is 874. The van der Waals surface area contributed by atoms with E-state index in [0.29, 0.717) is 11.3 Å². The number of carbonyl (C=O) groups is 1. The molecule has 0 saturated heterocycles. The molecule has 5 nitrogen and oxygen atoms in total. The van der Waals surface area contributed by atoms with E-state index in [1.54, 1.807) is 39.0 Å². The van der Waals surface area contributed by atoms with E-state index in [4.69, 9.17) is 0 Å². The molecule has 0 aromatic heterocycles. The molecule has 0 heterocycles. The van der Waals surface area contributed by atoms with E-state index in [1.807, 2.05) is 0 Å². The zero-order valence-corrected chi connectivity index (χ0v) is 15.2. The zero-order valence-electron chi connectivity index (χ0n) is 14.3. The van der Waals surface area contributed by atoms with Gasteiger partial charge in [-0.1, -0.05) is 18.2 Å². The number of anilines is 1. The van der Waals surface area contributed by atoms with Gasteiger partial charge in [-0.2, -0.15) is 0 Å². The van der Waals surface area contributed by atoms with Crippen LogP contribution in [0.2, 0.25) is 0 Å². The van der Waals surface area contributed by atoms with Crippen molar-refractivity contribution in [2.45, 2.75) is 37.6 Å². The van der Waals surface area contributed by atoms with Crippen LogP contribution in [0.3, 0.4) is 0 Å². The van der Waals surface area contributed by atoms with Gasteiger partial charge in [-0.3, -0.25) is 4.79 Å². The van der Waals surface area contributed by atoms with Crippen LogP contribution in [0.5, 0.6) is 0 Å². The summed E-state index contributed by atoms with van der Waals surface area (Å²) in [6.07, 6.45) is -0.00498. The molecule has 134 valence electrons. The lowest BCUT2D eigenvalue weighted by Crippen LogP contribution is -2.40. The maximum absolute atomic E-state index is 13.2. The van der Waals surface area contributed by atoms with Crippen LogP contribution in [0.4, 0.5) is 10.1 Å². The maximum atomic E-state index is 13.2. The second-order valence-electron chi connectivity index (χ2n) is 6.74. The number of halogens is 1. The van der Waals surface area contributed by atoms with Gasteiger partial charge in [-0.05, 0) is 56.7 Å². The topological polar surface area (TPSA) is 75.3 Å². The van der Waals surface area contributed by atoms with Crippen LogP contribution >= 0.6 is 0 Å². The molecular weight excluding hydrogens is 343 g/mol. The molecule has 0 aliphatic heterocycles. The van der Waals surface area contributed by atoms with E-state index in [0.717, 1.165) is 0 Å². The van der Waals surface area contributed by atoms with Gasteiger partial charge in [-0.25, -0.2) is 17.5 Å². The number of hydrogen-bond donors (Lipinski definition) is 2. The summed E-state index contributed by atoms with van der Waals surface area (Å²) in [6, 6.07) is 11.8. The van der Waals surface area contributed by atoms with Gasteiger partial charge in [0.2, 0.25) is 15.9 Å². The van der Waals surface area contributed by atoms with Crippen LogP contribution < -0.4 is 10.0 Å². The second-order valence-corrected chi connectivity index (χ2v) is 8.42. The Kier molecular flexibility index (Phi) is 5.59. The Labute approximate surface area is 147 Å². The minimum atomic E-state index is -3.69. The van der Waals surface area contributed by atoms with Gasteiger partial charge in [0.05, 0.1) is 11.3 Å². The summed E-state index contributed by atoms with van der Waals surface area (Å²) in [5.41, 5.74) is 0.281. The molecule has 1 amide bonds. The van der Waals surface area contributed by atoms with Crippen LogP contribution in [0, 0.1) is 5.82 Å². The first-order valence-corrected chi connectivity index (χ1v) is 9.22. The largest absolute Gasteiger partial charge is 0.326 e. The minimum Gasteiger partial charge on any atom is -0.326 e. The fourth-order valence-corrected chi connectivity index (χ4v) is 3.70. The molecular formula is C18H21FN2O3S. The molecule has 0 bridgehead atoms. The minimum absolute atomic E-state index is 0.00498. The Balaban J connectivity index is 2.12. The first-order chi connectivity index (χ1) is 11.5. The standard InChI is InChI=1S/C18H21FN2O3S/c1-18(2,3)21-25(23,24)16-9-5-8-15(12-16)20-17(22)11-13-6-4-7-14(19)10-13/h4-10,12,21H,11H2,1-3H3,(H,20,22). The molecule has 2 aromatic carbocycles. The number of amides is 1. The van der Waals surface area contributed by atoms with E-state index in [1.165, 1.54) is 30.3 Å². The lowest BCUT2D eigenvalue weighted by atomic mass is 10.1. The van der Waals surface area contributed by atoms with Crippen molar-refractivity contribution in [1.29, 1.82) is 0 Å². The van der Waals surface area contributed by atoms with Crippen molar-refractivity contribution in [3.63, 3.8) is 0 Å². The van der Waals surface area contributed by atoms with Crippen molar-refractivity contribution in [2.75, 3.05) is 5.32 Å². The third-order valence-corrected chi connectivity index (χ3v) is 4.88. The van der Waals surface area contributed by atoms with Gasteiger partial charge in [0.1, 0.15) is 5.82 Å². The molecule has 2 rings (SSSR count). The highest BCUT2D eigenvalue weighted by atomic mass is 32.2. The Morgan fingerprint density at radius 3 is 2.40 bits per heavy atom. The number of benzene rings is 2. The number of sulfonamides is 1. The predicted octanol–water partition coefficient (Wildman–Crippen LogP) is 3.08. The molecule has 0 fully saturated rings. The van der Waals surface area contributed by atoms with Gasteiger partial charge >= 0.3 is 0 Å². The van der Waals surface area contributed by atoms with Gasteiger partial charge in [-0.15, -0.1) is 0 Å². The molecule has 7 heteroatoms. The molecule has 0 aliphatic rings. The lowest BCUT2D eigenvalue weighted by Gasteiger charge is -2.20. The van der Waals surface area contributed by atoms with E-state index in [9.17, 15) is 17.6 Å². The normalized spacial score (nSPS) is 12.0. The molecule has 0 spiro atoms. The summed E-state index contributed by atoms with van der Waals surface area (Å²) < 4.78 is 40.4. The molecule has 25 heavy (non-hydrogen) atoms. The van der Waals surface area contributed by atoms with Crippen molar-refractivity contribution < 1.29 is 17.6 Å². The van der Waals surface area contributed by atoms with E-state index < -0.39 is 21.4 Å². The SMILES string of the molecule is CC(C)(C)NS(=O)(=O)c1cccc(NC(=O)Cc2cccc(F)c2)c1. The monoisotopic (exact) mass is 364 g/mol. The Morgan fingerprint density at radius 1 is 1.08 bits per heavy atom. The van der Waals surface area contributed by atoms with Crippen LogP contribution in [-0.4, -0.2) is 19.9 Å². The molecule has 2 N–H and O–H groups in total. The van der Waals surface area contributed by atoms with Gasteiger partial charge < -0.3 is 5.32 Å². The summed E-state index contributed by atoms with van der Waals surface area (Å²) >= 11 is 0. The van der Waals surface area contributed by atoms with Crippen LogP contribution in [-0.2, 0) is 21.2 Å². The van der Waals surface area contributed by atoms with Crippen molar-refractivity contribution >= 4 is 21.6 Å². The fourth-order valence-electron chi connectivity index (χ4n) is 2.24. The highest BCUT2D eigenvalue weighted by Gasteiger charge is 2.22. The van der Waals surface area contributed by atoms with Crippen LogP contribution in [0.25, 0.3) is 0 Å². The van der Waals surface area contributed by atoms with Crippen molar-refractivity contribution in [2.24, 2.45) is 0 Å². The highest BCUT2D eigenvalue weighted by Crippen LogP contribution is 2.18. The first-order valence-electron chi connectivity index (χ1n) is 7.73. The number of carbonyl (C=O) groups excluding carboxylic acids is 1. The summed E-state index contributed by atoms with van der Waals surface area (Å²) in [7, 11) is -3.69. The third kappa shape index (κ3) is 5.95. The predicted molar refractivity (Wildman–Crippen MR) is 95.3 cm³/mol. The van der Waals surface area contributed by atoms with Crippen molar-refractivity contribution in [3.8, 4) is 0 Å². The number of rotatable bonds is 5. The Hall–Kier alpha value is -2.25. The number of nitrogens with one attached hydrogen (secondary N) is 2. The highest BCUT2D eigenvalue weighted by molar-refractivity contribution is 7.89. The molecule has 0 unspecified atom stereocenters. The summed E-state index contributed by atoms with van der Waals surface area (Å²) in [4.78, 5) is 12.1. The summed E-state index contributed by atoms with van der Waals surface area (Å²) in [5, 5.41) is 2.63. The fraction of sp³-hybridized carbons (Fsp3) is 0.278. The third-order valence-electron chi connectivity index (χ3n) is 3.12. The molecule has 0 atom stereocenters. The lowest BCUT2D eigenvalue weighted by molar-refractivity contribution is -0.115. The number of hydrogen-bond acceptors (Lipinski definition) is 3. The van der Waals surface area contributed by atoms with Crippen molar-refractivity contribution in [3.05, 3.63) is 59.9 Å². The summed E-state index contributed by atoms with van der Waals surface area (Å²) in [6.45, 7) is 5.24. The summed E-state index contributed by atoms with van der Waals surface area (Å²) in [5.74, 6) is -0.768. The van der Waals surface area contributed by atoms with Crippen LogP contribution in [0.15, 0.2) is 53.4 Å². The van der Waals surface area contributed by atoms with Crippen LogP contribution in [0.1, 0.15) is 26.3 Å². The molecule has 0 saturated carbocycles.